The Hall–Kier alpha value is -2.29. The zero-order valence-electron chi connectivity index (χ0n) is 14.9. The molecule has 1 aliphatic rings. The normalized spacial score (nSPS) is 17.2. The standard InChI is InChI=1S/C23H22ClNO/c1-2-25-15-20-6-3-4-9-22(20)26-23(16-25)19-8-5-7-18(14-19)17-10-12-21(24)13-11-17/h3-14,23H,2,15-16H2,1H3. The molecule has 26 heavy (non-hydrogen) atoms. The van der Waals surface area contributed by atoms with Gasteiger partial charge in [0.2, 0.25) is 0 Å². The van der Waals surface area contributed by atoms with Crippen LogP contribution in [0, 0.1) is 0 Å². The van der Waals surface area contributed by atoms with E-state index in [9.17, 15) is 0 Å². The molecule has 1 aliphatic heterocycles. The average molecular weight is 364 g/mol. The van der Waals surface area contributed by atoms with Crippen LogP contribution in [0.4, 0.5) is 0 Å². The lowest BCUT2D eigenvalue weighted by Crippen LogP contribution is -2.27. The van der Waals surface area contributed by atoms with Crippen molar-refractivity contribution >= 4 is 11.6 Å². The third-order valence-corrected chi connectivity index (χ3v) is 5.19. The molecule has 132 valence electrons. The Bertz CT molecular complexity index is 891. The van der Waals surface area contributed by atoms with Gasteiger partial charge in [0, 0.05) is 23.7 Å². The summed E-state index contributed by atoms with van der Waals surface area (Å²) in [6, 6.07) is 25.0. The number of likely N-dealkylation sites (N-methyl/N-ethyl adjacent to an activating group) is 1. The molecule has 0 bridgehead atoms. The van der Waals surface area contributed by atoms with E-state index in [0.717, 1.165) is 36.0 Å². The molecule has 1 heterocycles. The van der Waals surface area contributed by atoms with Crippen molar-refractivity contribution in [2.24, 2.45) is 0 Å². The Morgan fingerprint density at radius 1 is 0.962 bits per heavy atom. The molecule has 3 aromatic rings. The molecular weight excluding hydrogens is 342 g/mol. The Balaban J connectivity index is 1.68. The Morgan fingerprint density at radius 2 is 1.77 bits per heavy atom. The van der Waals surface area contributed by atoms with E-state index in [1.807, 2.05) is 18.2 Å². The molecule has 0 saturated heterocycles. The molecule has 1 unspecified atom stereocenters. The van der Waals surface area contributed by atoms with Crippen molar-refractivity contribution in [1.82, 2.24) is 4.90 Å². The number of hydrogen-bond acceptors (Lipinski definition) is 2. The number of halogens is 1. The SMILES string of the molecule is CCN1Cc2ccccc2OC(c2cccc(-c3ccc(Cl)cc3)c2)C1. The highest BCUT2D eigenvalue weighted by atomic mass is 35.5. The number of nitrogens with zero attached hydrogens (tertiary/aromatic N) is 1. The molecule has 0 spiro atoms. The van der Waals surface area contributed by atoms with Gasteiger partial charge < -0.3 is 4.74 Å². The summed E-state index contributed by atoms with van der Waals surface area (Å²) in [4.78, 5) is 2.44. The lowest BCUT2D eigenvalue weighted by atomic mass is 10.0. The quantitative estimate of drug-likeness (QED) is 0.569. The molecule has 3 heteroatoms. The summed E-state index contributed by atoms with van der Waals surface area (Å²) < 4.78 is 6.42. The second-order valence-corrected chi connectivity index (χ2v) is 7.11. The number of ether oxygens (including phenoxy) is 1. The smallest absolute Gasteiger partial charge is 0.136 e. The van der Waals surface area contributed by atoms with Crippen molar-refractivity contribution in [2.45, 2.75) is 19.6 Å². The summed E-state index contributed by atoms with van der Waals surface area (Å²) in [6.07, 6.45) is 0.0193. The fraction of sp³-hybridized carbons (Fsp3) is 0.217. The van der Waals surface area contributed by atoms with Crippen molar-refractivity contribution in [3.63, 3.8) is 0 Å². The van der Waals surface area contributed by atoms with Crippen LogP contribution in [0.3, 0.4) is 0 Å². The number of benzene rings is 3. The van der Waals surface area contributed by atoms with Gasteiger partial charge in [-0.25, -0.2) is 0 Å². The summed E-state index contributed by atoms with van der Waals surface area (Å²) in [7, 11) is 0. The van der Waals surface area contributed by atoms with Crippen molar-refractivity contribution in [3.05, 3.63) is 88.9 Å². The zero-order chi connectivity index (χ0) is 17.9. The molecule has 3 aromatic carbocycles. The van der Waals surface area contributed by atoms with Crippen molar-refractivity contribution in [2.75, 3.05) is 13.1 Å². The monoisotopic (exact) mass is 363 g/mol. The van der Waals surface area contributed by atoms with Crippen LogP contribution >= 0.6 is 11.6 Å². The van der Waals surface area contributed by atoms with E-state index in [1.165, 1.54) is 16.7 Å². The fourth-order valence-electron chi connectivity index (χ4n) is 3.46. The van der Waals surface area contributed by atoms with E-state index < -0.39 is 0 Å². The minimum Gasteiger partial charge on any atom is -0.484 e. The highest BCUT2D eigenvalue weighted by Gasteiger charge is 2.23. The second-order valence-electron chi connectivity index (χ2n) is 6.67. The second kappa shape index (κ2) is 7.53. The maximum absolute atomic E-state index is 6.42. The van der Waals surface area contributed by atoms with Crippen LogP contribution in [0.5, 0.6) is 5.75 Å². The van der Waals surface area contributed by atoms with E-state index in [0.29, 0.717) is 0 Å². The highest BCUT2D eigenvalue weighted by Crippen LogP contribution is 2.32. The molecule has 2 nitrogen and oxygen atoms in total. The Labute approximate surface area is 160 Å². The summed E-state index contributed by atoms with van der Waals surface area (Å²) in [5, 5.41) is 0.757. The minimum atomic E-state index is 0.0193. The van der Waals surface area contributed by atoms with Gasteiger partial charge in [0.15, 0.2) is 0 Å². The van der Waals surface area contributed by atoms with Gasteiger partial charge >= 0.3 is 0 Å². The van der Waals surface area contributed by atoms with Crippen LogP contribution < -0.4 is 4.74 Å². The average Bonchev–Trinajstić information content (AvgIpc) is 2.88. The van der Waals surface area contributed by atoms with Crippen LogP contribution in [-0.4, -0.2) is 18.0 Å². The largest absolute Gasteiger partial charge is 0.484 e. The van der Waals surface area contributed by atoms with Gasteiger partial charge in [-0.05, 0) is 47.5 Å². The molecule has 0 radical (unpaired) electrons. The summed E-state index contributed by atoms with van der Waals surface area (Å²) in [6.45, 7) is 5.02. The van der Waals surface area contributed by atoms with Crippen LogP contribution in [0.1, 0.15) is 24.2 Å². The van der Waals surface area contributed by atoms with Gasteiger partial charge in [-0.3, -0.25) is 4.90 Å². The minimum absolute atomic E-state index is 0.0193. The lowest BCUT2D eigenvalue weighted by molar-refractivity contribution is 0.152. The third-order valence-electron chi connectivity index (χ3n) is 4.94. The fourth-order valence-corrected chi connectivity index (χ4v) is 3.58. The molecule has 0 amide bonds. The van der Waals surface area contributed by atoms with Crippen LogP contribution in [-0.2, 0) is 6.54 Å². The maximum atomic E-state index is 6.42. The third kappa shape index (κ3) is 3.62. The van der Waals surface area contributed by atoms with Crippen LogP contribution in [0.2, 0.25) is 5.02 Å². The molecule has 0 saturated carbocycles. The van der Waals surface area contributed by atoms with Gasteiger partial charge in [0.1, 0.15) is 11.9 Å². The van der Waals surface area contributed by atoms with Gasteiger partial charge in [-0.1, -0.05) is 67.1 Å². The van der Waals surface area contributed by atoms with Gasteiger partial charge in [-0.2, -0.15) is 0 Å². The van der Waals surface area contributed by atoms with Gasteiger partial charge in [-0.15, -0.1) is 0 Å². The topological polar surface area (TPSA) is 12.5 Å². The summed E-state index contributed by atoms with van der Waals surface area (Å²) in [5.41, 5.74) is 4.80. The maximum Gasteiger partial charge on any atom is 0.136 e. The van der Waals surface area contributed by atoms with E-state index in [1.54, 1.807) is 0 Å². The van der Waals surface area contributed by atoms with E-state index in [4.69, 9.17) is 16.3 Å². The zero-order valence-corrected chi connectivity index (χ0v) is 15.6. The first-order valence-corrected chi connectivity index (χ1v) is 9.43. The molecule has 0 fully saturated rings. The predicted octanol–water partition coefficient (Wildman–Crippen LogP) is 5.96. The first-order chi connectivity index (χ1) is 12.7. The number of hydrogen-bond donors (Lipinski definition) is 0. The highest BCUT2D eigenvalue weighted by molar-refractivity contribution is 6.30. The molecule has 0 aromatic heterocycles. The van der Waals surface area contributed by atoms with E-state index in [-0.39, 0.29) is 6.10 Å². The lowest BCUT2D eigenvalue weighted by Gasteiger charge is -2.23. The first kappa shape index (κ1) is 17.1. The molecule has 1 atom stereocenters. The number of fused-ring (bicyclic) bond motifs is 1. The number of rotatable bonds is 3. The summed E-state index contributed by atoms with van der Waals surface area (Å²) >= 11 is 6.02. The molecular formula is C23H22ClNO. The van der Waals surface area contributed by atoms with Crippen molar-refractivity contribution in [3.8, 4) is 16.9 Å². The first-order valence-electron chi connectivity index (χ1n) is 9.06. The predicted molar refractivity (Wildman–Crippen MR) is 108 cm³/mol. The molecule has 0 N–H and O–H groups in total. The Kier molecular flexibility index (Phi) is 4.96. The van der Waals surface area contributed by atoms with E-state index in [2.05, 4.69) is 66.4 Å². The van der Waals surface area contributed by atoms with Gasteiger partial charge in [0.25, 0.3) is 0 Å². The van der Waals surface area contributed by atoms with Crippen molar-refractivity contribution < 1.29 is 4.74 Å². The van der Waals surface area contributed by atoms with Crippen LogP contribution in [0.15, 0.2) is 72.8 Å². The summed E-state index contributed by atoms with van der Waals surface area (Å²) in [5.74, 6) is 0.991. The number of para-hydroxylation sites is 1. The molecule has 4 rings (SSSR count). The van der Waals surface area contributed by atoms with Crippen molar-refractivity contribution in [1.29, 1.82) is 0 Å². The molecule has 0 aliphatic carbocycles. The Morgan fingerprint density at radius 3 is 2.58 bits per heavy atom. The van der Waals surface area contributed by atoms with Gasteiger partial charge in [0.05, 0.1) is 0 Å². The van der Waals surface area contributed by atoms with Crippen LogP contribution in [0.25, 0.3) is 11.1 Å². The van der Waals surface area contributed by atoms with E-state index >= 15 is 0 Å².